The number of hydrogen-bond acceptors (Lipinski definition) is 3. The van der Waals surface area contributed by atoms with E-state index < -0.39 is 0 Å². The maximum absolute atomic E-state index is 12.9. The van der Waals surface area contributed by atoms with Gasteiger partial charge in [-0.25, -0.2) is 0 Å². The number of morpholine rings is 1. The first-order chi connectivity index (χ1) is 12.1. The number of hydrogen-bond donors (Lipinski definition) is 0. The van der Waals surface area contributed by atoms with Crippen LogP contribution in [0, 0.1) is 0 Å². The molecule has 1 amide bonds. The van der Waals surface area contributed by atoms with E-state index in [1.54, 1.807) is 0 Å². The number of rotatable bonds is 2. The van der Waals surface area contributed by atoms with Gasteiger partial charge in [-0.3, -0.25) is 9.59 Å². The van der Waals surface area contributed by atoms with Gasteiger partial charge in [-0.05, 0) is 31.2 Å². The molecule has 5 nitrogen and oxygen atoms in total. The number of ether oxygens (including phenoxy) is 1. The van der Waals surface area contributed by atoms with Crippen LogP contribution in [0.3, 0.4) is 0 Å². The van der Waals surface area contributed by atoms with Gasteiger partial charge in [0.1, 0.15) is 6.54 Å². The van der Waals surface area contributed by atoms with Crippen molar-refractivity contribution in [2.45, 2.75) is 19.6 Å². The van der Waals surface area contributed by atoms with Crippen molar-refractivity contribution < 1.29 is 9.53 Å². The summed E-state index contributed by atoms with van der Waals surface area (Å²) < 4.78 is 7.48. The number of para-hydroxylation sites is 2. The number of carbonyl (C=O) groups excluding carboxylic acids is 1. The molecule has 1 fully saturated rings. The summed E-state index contributed by atoms with van der Waals surface area (Å²) in [4.78, 5) is 27.4. The van der Waals surface area contributed by atoms with E-state index in [1.807, 2.05) is 64.9 Å². The molecule has 3 aromatic rings. The number of aromatic nitrogens is 1. The zero-order valence-corrected chi connectivity index (χ0v) is 14.1. The lowest BCUT2D eigenvalue weighted by Gasteiger charge is -2.31. The lowest BCUT2D eigenvalue weighted by atomic mass is 10.1. The van der Waals surface area contributed by atoms with Crippen molar-refractivity contribution in [3.63, 3.8) is 0 Å². The van der Waals surface area contributed by atoms with Crippen LogP contribution < -0.4 is 5.43 Å². The topological polar surface area (TPSA) is 51.5 Å². The molecule has 1 aromatic heterocycles. The van der Waals surface area contributed by atoms with E-state index in [9.17, 15) is 9.59 Å². The average molecular weight is 336 g/mol. The second-order valence-electron chi connectivity index (χ2n) is 6.47. The fraction of sp³-hybridized carbons (Fsp3) is 0.300. The van der Waals surface area contributed by atoms with Crippen molar-refractivity contribution in [2.75, 3.05) is 19.7 Å². The van der Waals surface area contributed by atoms with Crippen LogP contribution in [0.2, 0.25) is 0 Å². The molecular weight excluding hydrogens is 316 g/mol. The van der Waals surface area contributed by atoms with Crippen molar-refractivity contribution in [3.05, 3.63) is 58.8 Å². The van der Waals surface area contributed by atoms with Crippen LogP contribution in [0.15, 0.2) is 53.3 Å². The highest BCUT2D eigenvalue weighted by molar-refractivity contribution is 5.94. The molecule has 1 aliphatic rings. The maximum Gasteiger partial charge on any atom is 0.242 e. The van der Waals surface area contributed by atoms with Crippen LogP contribution in [0.5, 0.6) is 0 Å². The predicted molar refractivity (Wildman–Crippen MR) is 97.7 cm³/mol. The fourth-order valence-electron chi connectivity index (χ4n) is 3.53. The lowest BCUT2D eigenvalue weighted by Crippen LogP contribution is -2.45. The molecule has 1 aliphatic heterocycles. The van der Waals surface area contributed by atoms with Gasteiger partial charge in [-0.15, -0.1) is 0 Å². The fourth-order valence-corrected chi connectivity index (χ4v) is 3.53. The first kappa shape index (κ1) is 15.8. The Morgan fingerprint density at radius 3 is 2.28 bits per heavy atom. The molecule has 1 saturated heterocycles. The molecule has 0 radical (unpaired) electrons. The molecule has 0 spiro atoms. The van der Waals surface area contributed by atoms with Crippen molar-refractivity contribution in [3.8, 4) is 0 Å². The summed E-state index contributed by atoms with van der Waals surface area (Å²) in [6, 6.07) is 15.0. The standard InChI is InChI=1S/C20H20N2O3/c1-14-12-21(10-11-25-14)19(23)13-22-17-8-4-2-6-15(17)20(24)16-7-3-5-9-18(16)22/h2-9,14H,10-13H2,1H3/t14-/m0/s1. The van der Waals surface area contributed by atoms with Crippen LogP contribution in [0.25, 0.3) is 21.8 Å². The largest absolute Gasteiger partial charge is 0.375 e. The molecular formula is C20H20N2O3. The third kappa shape index (κ3) is 2.81. The van der Waals surface area contributed by atoms with E-state index in [1.165, 1.54) is 0 Å². The van der Waals surface area contributed by atoms with Gasteiger partial charge in [-0.2, -0.15) is 0 Å². The molecule has 1 atom stereocenters. The zero-order chi connectivity index (χ0) is 17.4. The average Bonchev–Trinajstić information content (AvgIpc) is 2.65. The second-order valence-corrected chi connectivity index (χ2v) is 6.47. The van der Waals surface area contributed by atoms with E-state index in [0.717, 1.165) is 11.0 Å². The molecule has 5 heteroatoms. The molecule has 25 heavy (non-hydrogen) atoms. The predicted octanol–water partition coefficient (Wildman–Crippen LogP) is 2.40. The number of fused-ring (bicyclic) bond motifs is 2. The number of amides is 1. The molecule has 4 rings (SSSR count). The van der Waals surface area contributed by atoms with E-state index in [-0.39, 0.29) is 24.0 Å². The zero-order valence-electron chi connectivity index (χ0n) is 14.1. The maximum atomic E-state index is 12.9. The van der Waals surface area contributed by atoms with Gasteiger partial charge in [0, 0.05) is 23.9 Å². The Morgan fingerprint density at radius 2 is 1.68 bits per heavy atom. The Balaban J connectivity index is 1.83. The van der Waals surface area contributed by atoms with E-state index in [4.69, 9.17) is 4.74 Å². The van der Waals surface area contributed by atoms with Gasteiger partial charge >= 0.3 is 0 Å². The number of pyridine rings is 1. The minimum Gasteiger partial charge on any atom is -0.375 e. The van der Waals surface area contributed by atoms with Crippen molar-refractivity contribution in [1.29, 1.82) is 0 Å². The van der Waals surface area contributed by atoms with Crippen LogP contribution in [0.4, 0.5) is 0 Å². The highest BCUT2D eigenvalue weighted by Gasteiger charge is 2.22. The Bertz CT molecular complexity index is 949. The SMILES string of the molecule is C[C@H]1CN(C(=O)Cn2c3ccccc3c(=O)c3ccccc32)CCO1. The minimum atomic E-state index is 0.00916. The van der Waals surface area contributed by atoms with Crippen molar-refractivity contribution in [2.24, 2.45) is 0 Å². The molecule has 2 aromatic carbocycles. The monoisotopic (exact) mass is 336 g/mol. The van der Waals surface area contributed by atoms with Crippen LogP contribution >= 0.6 is 0 Å². The first-order valence-corrected chi connectivity index (χ1v) is 8.55. The third-order valence-corrected chi connectivity index (χ3v) is 4.77. The van der Waals surface area contributed by atoms with Crippen molar-refractivity contribution >= 4 is 27.7 Å². The second kappa shape index (κ2) is 6.33. The van der Waals surface area contributed by atoms with Crippen LogP contribution in [-0.2, 0) is 16.1 Å². The van der Waals surface area contributed by atoms with E-state index >= 15 is 0 Å². The quantitative estimate of drug-likeness (QED) is 0.675. The summed E-state index contributed by atoms with van der Waals surface area (Å²) >= 11 is 0. The number of benzene rings is 2. The molecule has 0 aliphatic carbocycles. The summed E-state index contributed by atoms with van der Waals surface area (Å²) in [5, 5.41) is 1.29. The molecule has 0 bridgehead atoms. The molecule has 2 heterocycles. The summed E-state index contributed by atoms with van der Waals surface area (Å²) in [5.41, 5.74) is 1.59. The highest BCUT2D eigenvalue weighted by atomic mass is 16.5. The van der Waals surface area contributed by atoms with E-state index in [2.05, 4.69) is 0 Å². The number of carbonyl (C=O) groups is 1. The van der Waals surface area contributed by atoms with Crippen molar-refractivity contribution in [1.82, 2.24) is 9.47 Å². The van der Waals surface area contributed by atoms with Gasteiger partial charge in [0.25, 0.3) is 0 Å². The number of nitrogens with zero attached hydrogens (tertiary/aromatic N) is 2. The summed E-state index contributed by atoms with van der Waals surface area (Å²) in [5.74, 6) is 0.0501. The Kier molecular flexibility index (Phi) is 4.01. The molecule has 0 unspecified atom stereocenters. The van der Waals surface area contributed by atoms with Gasteiger partial charge in [-0.1, -0.05) is 24.3 Å². The van der Waals surface area contributed by atoms with Gasteiger partial charge in [0.15, 0.2) is 5.43 Å². The lowest BCUT2D eigenvalue weighted by molar-refractivity contribution is -0.138. The van der Waals surface area contributed by atoms with Gasteiger partial charge < -0.3 is 14.2 Å². The third-order valence-electron chi connectivity index (χ3n) is 4.77. The summed E-state index contributed by atoms with van der Waals surface area (Å²) in [6.45, 7) is 3.98. The highest BCUT2D eigenvalue weighted by Crippen LogP contribution is 2.19. The summed E-state index contributed by atoms with van der Waals surface area (Å²) in [6.07, 6.45) is 0.0557. The Hall–Kier alpha value is -2.66. The van der Waals surface area contributed by atoms with Gasteiger partial charge in [0.05, 0.1) is 23.7 Å². The smallest absolute Gasteiger partial charge is 0.242 e. The van der Waals surface area contributed by atoms with E-state index in [0.29, 0.717) is 30.5 Å². The minimum absolute atomic E-state index is 0.00916. The molecule has 0 N–H and O–H groups in total. The van der Waals surface area contributed by atoms with Gasteiger partial charge in [0.2, 0.25) is 5.91 Å². The Morgan fingerprint density at radius 1 is 1.08 bits per heavy atom. The molecule has 128 valence electrons. The normalized spacial score (nSPS) is 18.0. The summed E-state index contributed by atoms with van der Waals surface area (Å²) in [7, 11) is 0. The van der Waals surface area contributed by atoms with Crippen LogP contribution in [0.1, 0.15) is 6.92 Å². The Labute approximate surface area is 145 Å². The first-order valence-electron chi connectivity index (χ1n) is 8.55. The molecule has 0 saturated carbocycles. The van der Waals surface area contributed by atoms with Crippen LogP contribution in [-0.4, -0.2) is 41.2 Å².